The van der Waals surface area contributed by atoms with E-state index in [1.807, 2.05) is 0 Å². The van der Waals surface area contributed by atoms with E-state index in [0.29, 0.717) is 0 Å². The maximum absolute atomic E-state index is 12.4. The van der Waals surface area contributed by atoms with Crippen molar-refractivity contribution in [1.29, 1.82) is 0 Å². The molecule has 1 aromatic rings. The molecule has 1 N–H and O–H groups in total. The van der Waals surface area contributed by atoms with Crippen LogP contribution in [-0.4, -0.2) is 44.5 Å². The Morgan fingerprint density at radius 3 is 2.43 bits per heavy atom. The molecular weight excluding hydrogens is 278 g/mol. The number of likely N-dealkylation sites (N-methyl/N-ethyl adjacent to an activating group) is 1. The van der Waals surface area contributed by atoms with Crippen molar-refractivity contribution < 1.29 is 19.6 Å². The molecular formula is C13H19N3O5. The molecule has 0 aliphatic rings. The van der Waals surface area contributed by atoms with Crippen LogP contribution in [0.2, 0.25) is 0 Å². The number of carboxylic acids is 1. The van der Waals surface area contributed by atoms with Gasteiger partial charge in [-0.25, -0.2) is 4.79 Å². The third-order valence-electron chi connectivity index (χ3n) is 3.28. The Morgan fingerprint density at radius 2 is 2.05 bits per heavy atom. The number of rotatable bonds is 6. The van der Waals surface area contributed by atoms with Crippen LogP contribution >= 0.6 is 0 Å². The van der Waals surface area contributed by atoms with Gasteiger partial charge in [-0.3, -0.25) is 14.9 Å². The zero-order valence-electron chi connectivity index (χ0n) is 12.4. The lowest BCUT2D eigenvalue weighted by Crippen LogP contribution is -2.42. The predicted molar refractivity (Wildman–Crippen MR) is 75.3 cm³/mol. The number of carbonyl (C=O) groups is 2. The van der Waals surface area contributed by atoms with Gasteiger partial charge >= 0.3 is 5.97 Å². The van der Waals surface area contributed by atoms with Crippen molar-refractivity contribution in [1.82, 2.24) is 9.47 Å². The molecule has 0 aromatic carbocycles. The summed E-state index contributed by atoms with van der Waals surface area (Å²) in [6.07, 6.45) is 1.54. The SMILES string of the molecule is CCC(C(=O)O)N(C)C(=O)c1cc([N+](=O)[O-])cn1C(C)C. The second kappa shape index (κ2) is 6.38. The first-order valence-electron chi connectivity index (χ1n) is 6.56. The minimum Gasteiger partial charge on any atom is -0.480 e. The van der Waals surface area contributed by atoms with Gasteiger partial charge in [0, 0.05) is 19.2 Å². The molecule has 1 rings (SSSR count). The van der Waals surface area contributed by atoms with Crippen molar-refractivity contribution in [2.24, 2.45) is 0 Å². The van der Waals surface area contributed by atoms with Gasteiger partial charge in [0.1, 0.15) is 11.7 Å². The molecule has 0 saturated heterocycles. The minimum atomic E-state index is -1.11. The van der Waals surface area contributed by atoms with Crippen LogP contribution < -0.4 is 0 Å². The van der Waals surface area contributed by atoms with Crippen LogP contribution in [0.15, 0.2) is 12.3 Å². The molecule has 1 amide bonds. The van der Waals surface area contributed by atoms with Crippen molar-refractivity contribution in [2.45, 2.75) is 39.3 Å². The highest BCUT2D eigenvalue weighted by molar-refractivity contribution is 5.96. The summed E-state index contributed by atoms with van der Waals surface area (Å²) in [5.41, 5.74) is -0.0808. The molecule has 1 heterocycles. The van der Waals surface area contributed by atoms with E-state index in [0.717, 1.165) is 4.90 Å². The molecule has 0 fully saturated rings. The first-order valence-corrected chi connectivity index (χ1v) is 6.56. The van der Waals surface area contributed by atoms with Gasteiger partial charge in [-0.15, -0.1) is 0 Å². The molecule has 0 bridgehead atoms. The number of nitro groups is 1. The molecule has 0 aliphatic carbocycles. The molecule has 0 aliphatic heterocycles. The summed E-state index contributed by atoms with van der Waals surface area (Å²) in [6.45, 7) is 5.23. The van der Waals surface area contributed by atoms with E-state index in [1.54, 1.807) is 20.8 Å². The summed E-state index contributed by atoms with van der Waals surface area (Å²) >= 11 is 0. The van der Waals surface area contributed by atoms with Crippen LogP contribution in [0.3, 0.4) is 0 Å². The smallest absolute Gasteiger partial charge is 0.326 e. The van der Waals surface area contributed by atoms with Crippen molar-refractivity contribution in [2.75, 3.05) is 7.05 Å². The molecule has 1 aromatic heterocycles. The Balaban J connectivity index is 3.22. The van der Waals surface area contributed by atoms with E-state index in [4.69, 9.17) is 5.11 Å². The Morgan fingerprint density at radius 1 is 1.48 bits per heavy atom. The average Bonchev–Trinajstić information content (AvgIpc) is 2.83. The molecule has 0 radical (unpaired) electrons. The number of nitrogens with zero attached hydrogens (tertiary/aromatic N) is 3. The molecule has 8 nitrogen and oxygen atoms in total. The monoisotopic (exact) mass is 297 g/mol. The summed E-state index contributed by atoms with van der Waals surface area (Å²) in [6, 6.07) is 0.0518. The highest BCUT2D eigenvalue weighted by Gasteiger charge is 2.29. The van der Waals surface area contributed by atoms with E-state index in [1.165, 1.54) is 23.9 Å². The van der Waals surface area contributed by atoms with Crippen LogP contribution in [0.5, 0.6) is 0 Å². The van der Waals surface area contributed by atoms with Crippen LogP contribution in [-0.2, 0) is 4.79 Å². The van der Waals surface area contributed by atoms with Gasteiger partial charge < -0.3 is 14.6 Å². The van der Waals surface area contributed by atoms with Gasteiger partial charge in [-0.2, -0.15) is 0 Å². The van der Waals surface area contributed by atoms with Gasteiger partial charge in [0.2, 0.25) is 0 Å². The standard InChI is InChI=1S/C13H19N3O5/c1-5-10(13(18)19)14(4)12(17)11-6-9(16(20)21)7-15(11)8(2)3/h6-8,10H,5H2,1-4H3,(H,18,19). The number of hydrogen-bond acceptors (Lipinski definition) is 4. The second-order valence-electron chi connectivity index (χ2n) is 5.02. The van der Waals surface area contributed by atoms with E-state index in [2.05, 4.69) is 0 Å². The maximum atomic E-state index is 12.4. The van der Waals surface area contributed by atoms with E-state index in [-0.39, 0.29) is 23.8 Å². The molecule has 1 atom stereocenters. The fraction of sp³-hybridized carbons (Fsp3) is 0.538. The third kappa shape index (κ3) is 3.39. The lowest BCUT2D eigenvalue weighted by atomic mass is 10.2. The third-order valence-corrected chi connectivity index (χ3v) is 3.28. The van der Waals surface area contributed by atoms with Gasteiger partial charge in [0.05, 0.1) is 11.1 Å². The largest absolute Gasteiger partial charge is 0.480 e. The molecule has 21 heavy (non-hydrogen) atoms. The first-order chi connectivity index (χ1) is 9.70. The maximum Gasteiger partial charge on any atom is 0.326 e. The molecule has 8 heteroatoms. The quantitative estimate of drug-likeness (QED) is 0.637. The Labute approximate surface area is 122 Å². The van der Waals surface area contributed by atoms with Gasteiger partial charge in [-0.05, 0) is 20.3 Å². The number of amides is 1. The number of carbonyl (C=O) groups excluding carboxylic acids is 1. The number of carboxylic acid groups (broad SMARTS) is 1. The van der Waals surface area contributed by atoms with Crippen molar-refractivity contribution >= 4 is 17.6 Å². The summed E-state index contributed by atoms with van der Waals surface area (Å²) in [4.78, 5) is 34.9. The summed E-state index contributed by atoms with van der Waals surface area (Å²) in [7, 11) is 1.38. The van der Waals surface area contributed by atoms with Gasteiger partial charge in [-0.1, -0.05) is 6.92 Å². The second-order valence-corrected chi connectivity index (χ2v) is 5.02. The Hall–Kier alpha value is -2.38. The van der Waals surface area contributed by atoms with Gasteiger partial charge in [0.25, 0.3) is 11.6 Å². The normalized spacial score (nSPS) is 12.2. The number of hydrogen-bond donors (Lipinski definition) is 1. The lowest BCUT2D eigenvalue weighted by molar-refractivity contribution is -0.384. The number of aromatic nitrogens is 1. The lowest BCUT2D eigenvalue weighted by Gasteiger charge is -2.24. The number of aliphatic carboxylic acids is 1. The zero-order valence-corrected chi connectivity index (χ0v) is 12.4. The Kier molecular flexibility index (Phi) is 5.07. The zero-order chi connectivity index (χ0) is 16.3. The predicted octanol–water partition coefficient (Wildman–Crippen LogP) is 1.91. The summed E-state index contributed by atoms with van der Waals surface area (Å²) in [5, 5.41) is 20.0. The Bertz CT molecular complexity index is 564. The van der Waals surface area contributed by atoms with Crippen molar-refractivity contribution in [3.8, 4) is 0 Å². The van der Waals surface area contributed by atoms with E-state index >= 15 is 0 Å². The minimum absolute atomic E-state index is 0.110. The summed E-state index contributed by atoms with van der Waals surface area (Å²) < 4.78 is 1.48. The van der Waals surface area contributed by atoms with E-state index < -0.39 is 22.8 Å². The summed E-state index contributed by atoms with van der Waals surface area (Å²) in [5.74, 6) is -1.66. The van der Waals surface area contributed by atoms with Crippen LogP contribution in [0, 0.1) is 10.1 Å². The topological polar surface area (TPSA) is 106 Å². The van der Waals surface area contributed by atoms with Crippen LogP contribution in [0.4, 0.5) is 5.69 Å². The molecule has 116 valence electrons. The average molecular weight is 297 g/mol. The van der Waals surface area contributed by atoms with Crippen LogP contribution in [0.25, 0.3) is 0 Å². The van der Waals surface area contributed by atoms with Crippen molar-refractivity contribution in [3.63, 3.8) is 0 Å². The van der Waals surface area contributed by atoms with Gasteiger partial charge in [0.15, 0.2) is 0 Å². The highest BCUT2D eigenvalue weighted by atomic mass is 16.6. The van der Waals surface area contributed by atoms with E-state index in [9.17, 15) is 19.7 Å². The van der Waals surface area contributed by atoms with Crippen LogP contribution in [0.1, 0.15) is 43.7 Å². The molecule has 0 spiro atoms. The highest BCUT2D eigenvalue weighted by Crippen LogP contribution is 2.22. The van der Waals surface area contributed by atoms with Crippen molar-refractivity contribution in [3.05, 3.63) is 28.1 Å². The molecule has 1 unspecified atom stereocenters. The first kappa shape index (κ1) is 16.7. The molecule has 0 saturated carbocycles. The fourth-order valence-corrected chi connectivity index (χ4v) is 2.10. The fourth-order valence-electron chi connectivity index (χ4n) is 2.10.